The fraction of sp³-hybridized carbons (Fsp3) is 0.583. The van der Waals surface area contributed by atoms with Crippen LogP contribution in [0.2, 0.25) is 0 Å². The van der Waals surface area contributed by atoms with Crippen LogP contribution in [-0.2, 0) is 11.3 Å². The Kier molecular flexibility index (Phi) is 2.69. The molecule has 0 aliphatic carbocycles. The number of imidazole rings is 1. The molecule has 3 N–H and O–H groups in total. The predicted molar refractivity (Wildman–Crippen MR) is 71.6 cm³/mol. The second-order valence-electron chi connectivity index (χ2n) is 4.91. The highest BCUT2D eigenvalue weighted by molar-refractivity contribution is 5.79. The Hall–Kier alpha value is -2.05. The maximum Gasteiger partial charge on any atom is 0.220 e. The van der Waals surface area contributed by atoms with Crippen LogP contribution in [0.3, 0.4) is 0 Å². The van der Waals surface area contributed by atoms with Gasteiger partial charge >= 0.3 is 0 Å². The van der Waals surface area contributed by atoms with Crippen LogP contribution in [0.5, 0.6) is 0 Å². The number of nitrogens with two attached hydrogens (primary N) is 1. The highest BCUT2D eigenvalue weighted by Crippen LogP contribution is 2.28. The summed E-state index contributed by atoms with van der Waals surface area (Å²) in [4.78, 5) is 15.7. The summed E-state index contributed by atoms with van der Waals surface area (Å²) in [7, 11) is 0. The summed E-state index contributed by atoms with van der Waals surface area (Å²) in [5.74, 6) is 0.602. The van der Waals surface area contributed by atoms with Gasteiger partial charge in [0.2, 0.25) is 11.9 Å². The standard InChI is InChI=1S/C12H18N6O/c1-3-17-11-10(7(2)16-17)15-12(13)18(11)8-4-5-9(19)14-6-8/h8H,3-6H2,1-2H3,(H2,13,15)(H,14,19). The lowest BCUT2D eigenvalue weighted by Crippen LogP contribution is -2.36. The van der Waals surface area contributed by atoms with E-state index in [1.807, 2.05) is 23.1 Å². The molecule has 0 aromatic carbocycles. The molecule has 3 heterocycles. The molecule has 0 bridgehead atoms. The number of rotatable bonds is 2. The van der Waals surface area contributed by atoms with Gasteiger partial charge in [-0.3, -0.25) is 9.36 Å². The number of amides is 1. The van der Waals surface area contributed by atoms with Gasteiger partial charge < -0.3 is 11.1 Å². The van der Waals surface area contributed by atoms with Crippen molar-refractivity contribution in [2.45, 2.75) is 39.3 Å². The zero-order chi connectivity index (χ0) is 13.6. The molecular weight excluding hydrogens is 244 g/mol. The van der Waals surface area contributed by atoms with Crippen LogP contribution >= 0.6 is 0 Å². The van der Waals surface area contributed by atoms with E-state index in [0.717, 1.165) is 29.8 Å². The largest absolute Gasteiger partial charge is 0.369 e. The lowest BCUT2D eigenvalue weighted by Gasteiger charge is -2.25. The maximum absolute atomic E-state index is 11.3. The van der Waals surface area contributed by atoms with Crippen LogP contribution in [-0.4, -0.2) is 31.8 Å². The van der Waals surface area contributed by atoms with Crippen molar-refractivity contribution in [2.24, 2.45) is 0 Å². The normalized spacial score (nSPS) is 19.9. The fourth-order valence-electron chi connectivity index (χ4n) is 2.73. The summed E-state index contributed by atoms with van der Waals surface area (Å²) in [6, 6.07) is 0.157. The van der Waals surface area contributed by atoms with Gasteiger partial charge in [0.05, 0.1) is 11.7 Å². The molecule has 3 rings (SSSR count). The number of carbonyl (C=O) groups excluding carboxylic acids is 1. The minimum absolute atomic E-state index is 0.103. The number of carbonyl (C=O) groups is 1. The number of aryl methyl sites for hydroxylation is 2. The molecule has 0 spiro atoms. The van der Waals surface area contributed by atoms with Crippen molar-refractivity contribution in [3.05, 3.63) is 5.69 Å². The van der Waals surface area contributed by atoms with Crippen LogP contribution in [0.4, 0.5) is 5.95 Å². The molecule has 1 saturated heterocycles. The molecule has 1 aliphatic rings. The number of hydrogen-bond acceptors (Lipinski definition) is 4. The van der Waals surface area contributed by atoms with Crippen LogP contribution in [0, 0.1) is 6.92 Å². The van der Waals surface area contributed by atoms with Gasteiger partial charge in [-0.15, -0.1) is 0 Å². The highest BCUT2D eigenvalue weighted by Gasteiger charge is 2.26. The van der Waals surface area contributed by atoms with Crippen LogP contribution < -0.4 is 11.1 Å². The Labute approximate surface area is 110 Å². The molecule has 102 valence electrons. The molecule has 19 heavy (non-hydrogen) atoms. The first-order valence-corrected chi connectivity index (χ1v) is 6.59. The third-order valence-electron chi connectivity index (χ3n) is 3.68. The number of anilines is 1. The number of nitrogen functional groups attached to an aromatic ring is 1. The molecule has 2 aromatic rings. The van der Waals surface area contributed by atoms with E-state index >= 15 is 0 Å². The van der Waals surface area contributed by atoms with Crippen molar-refractivity contribution >= 4 is 23.0 Å². The Balaban J connectivity index is 2.11. The van der Waals surface area contributed by atoms with E-state index in [1.165, 1.54) is 0 Å². The van der Waals surface area contributed by atoms with E-state index in [1.54, 1.807) is 0 Å². The number of hydrogen-bond donors (Lipinski definition) is 2. The lowest BCUT2D eigenvalue weighted by atomic mass is 10.1. The Morgan fingerprint density at radius 1 is 1.53 bits per heavy atom. The van der Waals surface area contributed by atoms with Crippen molar-refractivity contribution in [1.82, 2.24) is 24.6 Å². The molecule has 7 nitrogen and oxygen atoms in total. The molecule has 1 amide bonds. The molecular formula is C12H18N6O. The number of nitrogens with zero attached hydrogens (tertiary/aromatic N) is 4. The topological polar surface area (TPSA) is 90.8 Å². The first kappa shape index (κ1) is 12.0. The molecule has 1 fully saturated rings. The van der Waals surface area contributed by atoms with E-state index in [9.17, 15) is 4.79 Å². The average Bonchev–Trinajstić information content (AvgIpc) is 2.88. The van der Waals surface area contributed by atoms with Gasteiger partial charge in [0, 0.05) is 19.5 Å². The van der Waals surface area contributed by atoms with Crippen molar-refractivity contribution in [3.8, 4) is 0 Å². The lowest BCUT2D eigenvalue weighted by molar-refractivity contribution is -0.122. The Morgan fingerprint density at radius 3 is 2.95 bits per heavy atom. The average molecular weight is 262 g/mol. The van der Waals surface area contributed by atoms with E-state index < -0.39 is 0 Å². The first-order valence-electron chi connectivity index (χ1n) is 6.59. The van der Waals surface area contributed by atoms with Gasteiger partial charge in [-0.1, -0.05) is 0 Å². The van der Waals surface area contributed by atoms with Crippen molar-refractivity contribution in [2.75, 3.05) is 12.3 Å². The van der Waals surface area contributed by atoms with Crippen molar-refractivity contribution in [1.29, 1.82) is 0 Å². The number of piperidine rings is 1. The van der Waals surface area contributed by atoms with Crippen LogP contribution in [0.25, 0.3) is 11.2 Å². The van der Waals surface area contributed by atoms with Crippen LogP contribution in [0.1, 0.15) is 31.5 Å². The fourth-order valence-corrected chi connectivity index (χ4v) is 2.73. The van der Waals surface area contributed by atoms with Crippen molar-refractivity contribution in [3.63, 3.8) is 0 Å². The number of nitrogens with one attached hydrogen (secondary N) is 1. The minimum Gasteiger partial charge on any atom is -0.369 e. The molecule has 0 saturated carbocycles. The second kappa shape index (κ2) is 4.25. The Bertz CT molecular complexity index is 630. The molecule has 0 radical (unpaired) electrons. The smallest absolute Gasteiger partial charge is 0.220 e. The molecule has 1 unspecified atom stereocenters. The molecule has 1 aliphatic heterocycles. The minimum atomic E-state index is 0.103. The molecule has 7 heteroatoms. The van der Waals surface area contributed by atoms with Gasteiger partial charge in [0.1, 0.15) is 5.52 Å². The Morgan fingerprint density at radius 2 is 2.32 bits per heavy atom. The van der Waals surface area contributed by atoms with E-state index in [4.69, 9.17) is 5.73 Å². The third-order valence-corrected chi connectivity index (χ3v) is 3.68. The first-order chi connectivity index (χ1) is 9.11. The third kappa shape index (κ3) is 1.76. The van der Waals surface area contributed by atoms with E-state index in [-0.39, 0.29) is 11.9 Å². The predicted octanol–water partition coefficient (Wildman–Crippen LogP) is 0.594. The zero-order valence-electron chi connectivity index (χ0n) is 11.2. The van der Waals surface area contributed by atoms with Crippen LogP contribution in [0.15, 0.2) is 0 Å². The SMILES string of the molecule is CCn1nc(C)c2nc(N)n(C3CCC(=O)NC3)c21. The second-order valence-corrected chi connectivity index (χ2v) is 4.91. The summed E-state index contributed by atoms with van der Waals surface area (Å²) >= 11 is 0. The summed E-state index contributed by atoms with van der Waals surface area (Å²) in [5, 5.41) is 7.35. The summed E-state index contributed by atoms with van der Waals surface area (Å²) in [6.07, 6.45) is 1.32. The van der Waals surface area contributed by atoms with Crippen molar-refractivity contribution < 1.29 is 4.79 Å². The van der Waals surface area contributed by atoms with Gasteiger partial charge in [0.15, 0.2) is 5.65 Å². The van der Waals surface area contributed by atoms with Gasteiger partial charge in [0.25, 0.3) is 0 Å². The van der Waals surface area contributed by atoms with Gasteiger partial charge in [-0.05, 0) is 20.3 Å². The van der Waals surface area contributed by atoms with E-state index in [0.29, 0.717) is 18.9 Å². The highest BCUT2D eigenvalue weighted by atomic mass is 16.1. The zero-order valence-corrected chi connectivity index (χ0v) is 11.2. The molecule has 2 aromatic heterocycles. The summed E-state index contributed by atoms with van der Waals surface area (Å²) < 4.78 is 3.93. The van der Waals surface area contributed by atoms with Gasteiger partial charge in [-0.2, -0.15) is 5.10 Å². The summed E-state index contributed by atoms with van der Waals surface area (Å²) in [6.45, 7) is 5.35. The number of aromatic nitrogens is 4. The number of fused-ring (bicyclic) bond motifs is 1. The summed E-state index contributed by atoms with van der Waals surface area (Å²) in [5.41, 5.74) is 8.76. The monoisotopic (exact) mass is 262 g/mol. The maximum atomic E-state index is 11.3. The van der Waals surface area contributed by atoms with E-state index in [2.05, 4.69) is 15.4 Å². The molecule has 1 atom stereocenters. The van der Waals surface area contributed by atoms with Gasteiger partial charge in [-0.25, -0.2) is 9.67 Å². The quantitative estimate of drug-likeness (QED) is 0.829.